The number of sulfonamides is 1. The molecule has 21 heavy (non-hydrogen) atoms. The second-order valence-electron chi connectivity index (χ2n) is 5.33. The molecule has 1 aromatic carbocycles. The highest BCUT2D eigenvalue weighted by Crippen LogP contribution is 2.23. The van der Waals surface area contributed by atoms with Gasteiger partial charge >= 0.3 is 0 Å². The number of nitrogens with zero attached hydrogens (tertiary/aromatic N) is 2. The van der Waals surface area contributed by atoms with Crippen LogP contribution in [0.3, 0.4) is 0 Å². The summed E-state index contributed by atoms with van der Waals surface area (Å²) in [5.41, 5.74) is 3.19. The van der Waals surface area contributed by atoms with Crippen LogP contribution in [0, 0.1) is 27.7 Å². The second-order valence-corrected chi connectivity index (χ2v) is 7.35. The monoisotopic (exact) mass is 308 g/mol. The van der Waals surface area contributed by atoms with Crippen LogP contribution in [-0.2, 0) is 16.6 Å². The van der Waals surface area contributed by atoms with Gasteiger partial charge in [-0.2, -0.15) is 4.31 Å². The van der Waals surface area contributed by atoms with Crippen molar-refractivity contribution in [1.29, 1.82) is 0 Å². The van der Waals surface area contributed by atoms with E-state index >= 15 is 0 Å². The smallest absolute Gasteiger partial charge is 0.243 e. The molecule has 0 saturated carbocycles. The molecule has 0 aliphatic heterocycles. The van der Waals surface area contributed by atoms with Crippen LogP contribution in [0.5, 0.6) is 0 Å². The number of hydrogen-bond acceptors (Lipinski definition) is 4. The van der Waals surface area contributed by atoms with Crippen molar-refractivity contribution < 1.29 is 12.9 Å². The molecule has 0 spiro atoms. The van der Waals surface area contributed by atoms with Crippen LogP contribution in [-0.4, -0.2) is 24.9 Å². The van der Waals surface area contributed by atoms with Crippen molar-refractivity contribution in [2.45, 2.75) is 39.1 Å². The molecule has 0 unspecified atom stereocenters. The van der Waals surface area contributed by atoms with Gasteiger partial charge < -0.3 is 4.52 Å². The fourth-order valence-electron chi connectivity index (χ4n) is 2.19. The van der Waals surface area contributed by atoms with Crippen molar-refractivity contribution in [3.05, 3.63) is 46.3 Å². The molecule has 0 amide bonds. The lowest BCUT2D eigenvalue weighted by Gasteiger charge is -2.18. The third kappa shape index (κ3) is 3.01. The molecule has 2 rings (SSSR count). The Morgan fingerprint density at radius 2 is 1.86 bits per heavy atom. The van der Waals surface area contributed by atoms with Gasteiger partial charge in [-0.05, 0) is 44.9 Å². The molecule has 0 aliphatic carbocycles. The average molecular weight is 308 g/mol. The highest BCUT2D eigenvalue weighted by Gasteiger charge is 2.25. The first-order chi connectivity index (χ1) is 9.73. The van der Waals surface area contributed by atoms with Gasteiger partial charge in [0.1, 0.15) is 5.76 Å². The fourth-order valence-corrected chi connectivity index (χ4v) is 3.63. The van der Waals surface area contributed by atoms with E-state index in [1.807, 2.05) is 26.0 Å². The van der Waals surface area contributed by atoms with Crippen LogP contribution in [0.25, 0.3) is 0 Å². The van der Waals surface area contributed by atoms with E-state index in [1.54, 1.807) is 27.0 Å². The van der Waals surface area contributed by atoms with E-state index in [4.69, 9.17) is 4.52 Å². The summed E-state index contributed by atoms with van der Waals surface area (Å²) < 4.78 is 31.9. The summed E-state index contributed by atoms with van der Waals surface area (Å²) in [4.78, 5) is 0.344. The predicted octanol–water partition coefficient (Wildman–Crippen LogP) is 2.73. The van der Waals surface area contributed by atoms with Gasteiger partial charge in [-0.25, -0.2) is 8.42 Å². The molecule has 0 saturated heterocycles. The zero-order valence-electron chi connectivity index (χ0n) is 13.0. The Labute approximate surface area is 125 Å². The molecule has 0 radical (unpaired) electrons. The minimum atomic E-state index is -3.54. The molecule has 2 aromatic rings. The number of aromatic nitrogens is 1. The largest absolute Gasteiger partial charge is 0.361 e. The van der Waals surface area contributed by atoms with Crippen molar-refractivity contribution in [2.75, 3.05) is 7.05 Å². The van der Waals surface area contributed by atoms with Crippen LogP contribution < -0.4 is 0 Å². The Kier molecular flexibility index (Phi) is 4.20. The summed E-state index contributed by atoms with van der Waals surface area (Å²) in [7, 11) is -1.97. The Bertz CT molecular complexity index is 744. The van der Waals surface area contributed by atoms with Crippen molar-refractivity contribution in [3.8, 4) is 0 Å². The molecule has 0 fully saturated rings. The Balaban J connectivity index is 2.37. The summed E-state index contributed by atoms with van der Waals surface area (Å²) in [5.74, 6) is 0.649. The van der Waals surface area contributed by atoms with E-state index in [9.17, 15) is 8.42 Å². The zero-order valence-corrected chi connectivity index (χ0v) is 13.8. The third-order valence-corrected chi connectivity index (χ3v) is 5.54. The van der Waals surface area contributed by atoms with Crippen LogP contribution >= 0.6 is 0 Å². The summed E-state index contributed by atoms with van der Waals surface area (Å²) in [5, 5.41) is 3.86. The molecule has 0 atom stereocenters. The van der Waals surface area contributed by atoms with Gasteiger partial charge in [-0.3, -0.25) is 0 Å². The Morgan fingerprint density at radius 3 is 2.43 bits per heavy atom. The highest BCUT2D eigenvalue weighted by atomic mass is 32.2. The minimum absolute atomic E-state index is 0.247. The van der Waals surface area contributed by atoms with Crippen molar-refractivity contribution in [1.82, 2.24) is 9.46 Å². The van der Waals surface area contributed by atoms with Gasteiger partial charge in [0.25, 0.3) is 0 Å². The Hall–Kier alpha value is -1.66. The molecule has 0 aliphatic rings. The van der Waals surface area contributed by atoms with E-state index in [0.717, 1.165) is 22.4 Å². The highest BCUT2D eigenvalue weighted by molar-refractivity contribution is 7.89. The zero-order chi connectivity index (χ0) is 15.8. The molecule has 0 bridgehead atoms. The van der Waals surface area contributed by atoms with Crippen molar-refractivity contribution >= 4 is 10.0 Å². The van der Waals surface area contributed by atoms with Gasteiger partial charge in [0.2, 0.25) is 10.0 Å². The van der Waals surface area contributed by atoms with Crippen LogP contribution in [0.2, 0.25) is 0 Å². The lowest BCUT2D eigenvalue weighted by atomic mass is 10.2. The first-order valence-corrected chi connectivity index (χ1v) is 8.13. The number of rotatable bonds is 4. The van der Waals surface area contributed by atoms with Crippen LogP contribution in [0.1, 0.15) is 28.1 Å². The van der Waals surface area contributed by atoms with E-state index in [0.29, 0.717) is 10.7 Å². The Morgan fingerprint density at radius 1 is 1.19 bits per heavy atom. The van der Waals surface area contributed by atoms with E-state index in [2.05, 4.69) is 5.16 Å². The van der Waals surface area contributed by atoms with Gasteiger partial charge in [0, 0.05) is 19.2 Å². The molecule has 5 nitrogen and oxygen atoms in total. The van der Waals surface area contributed by atoms with E-state index in [-0.39, 0.29) is 6.54 Å². The van der Waals surface area contributed by atoms with Crippen LogP contribution in [0.4, 0.5) is 0 Å². The molecule has 0 N–H and O–H groups in total. The maximum atomic E-state index is 12.7. The van der Waals surface area contributed by atoms with Crippen LogP contribution in [0.15, 0.2) is 27.6 Å². The fraction of sp³-hybridized carbons (Fsp3) is 0.400. The first-order valence-electron chi connectivity index (χ1n) is 6.69. The number of benzene rings is 1. The summed E-state index contributed by atoms with van der Waals surface area (Å²) in [6.45, 7) is 7.53. The van der Waals surface area contributed by atoms with Crippen molar-refractivity contribution in [3.63, 3.8) is 0 Å². The molecule has 1 aromatic heterocycles. The molecule has 6 heteroatoms. The van der Waals surface area contributed by atoms with Crippen molar-refractivity contribution in [2.24, 2.45) is 0 Å². The molecular formula is C15H20N2O3S. The maximum absolute atomic E-state index is 12.7. The second kappa shape index (κ2) is 5.61. The topological polar surface area (TPSA) is 63.4 Å². The maximum Gasteiger partial charge on any atom is 0.243 e. The summed E-state index contributed by atoms with van der Waals surface area (Å²) in [6.07, 6.45) is 0. The van der Waals surface area contributed by atoms with E-state index in [1.165, 1.54) is 4.31 Å². The minimum Gasteiger partial charge on any atom is -0.361 e. The molecular weight excluding hydrogens is 288 g/mol. The van der Waals surface area contributed by atoms with Gasteiger partial charge in [0.15, 0.2) is 0 Å². The van der Waals surface area contributed by atoms with Gasteiger partial charge in [0.05, 0.1) is 10.6 Å². The molecule has 1 heterocycles. The quantitative estimate of drug-likeness (QED) is 0.871. The van der Waals surface area contributed by atoms with E-state index < -0.39 is 10.0 Å². The van der Waals surface area contributed by atoms with Gasteiger partial charge in [-0.15, -0.1) is 0 Å². The summed E-state index contributed by atoms with van der Waals surface area (Å²) in [6, 6.07) is 5.43. The number of hydrogen-bond donors (Lipinski definition) is 0. The first kappa shape index (κ1) is 15.7. The standard InChI is InChI=1S/C15H20N2O3S/c1-10-6-7-11(2)15(8-10)21(18,19)17(5)9-14-12(3)16-20-13(14)4/h6-8H,9H2,1-5H3. The molecule has 114 valence electrons. The third-order valence-electron chi connectivity index (χ3n) is 3.59. The average Bonchev–Trinajstić information content (AvgIpc) is 2.73. The SMILES string of the molecule is Cc1ccc(C)c(S(=O)(=O)N(C)Cc2c(C)noc2C)c1. The van der Waals surface area contributed by atoms with Gasteiger partial charge in [-0.1, -0.05) is 17.3 Å². The normalized spacial score (nSPS) is 12.1. The lowest BCUT2D eigenvalue weighted by Crippen LogP contribution is -2.27. The number of aryl methyl sites for hydroxylation is 4. The predicted molar refractivity (Wildman–Crippen MR) is 80.5 cm³/mol. The lowest BCUT2D eigenvalue weighted by molar-refractivity contribution is 0.390. The summed E-state index contributed by atoms with van der Waals surface area (Å²) >= 11 is 0.